The third kappa shape index (κ3) is 4.96. The van der Waals surface area contributed by atoms with Gasteiger partial charge in [0.2, 0.25) is 0 Å². The summed E-state index contributed by atoms with van der Waals surface area (Å²) in [4.78, 5) is 20.5. The van der Waals surface area contributed by atoms with Crippen LogP contribution < -0.4 is 5.73 Å². The molecule has 2 N–H and O–H groups in total. The Kier molecular flexibility index (Phi) is 6.45. The molecular weight excluding hydrogens is 240 g/mol. The number of hydrogen-bond acceptors (Lipinski definition) is 4. The molecule has 106 valence electrons. The summed E-state index contributed by atoms with van der Waals surface area (Å²) in [5, 5.41) is 0. The van der Waals surface area contributed by atoms with Gasteiger partial charge in [-0.2, -0.15) is 0 Å². The zero-order valence-electron chi connectivity index (χ0n) is 12.1. The highest BCUT2D eigenvalue weighted by Gasteiger charge is 2.14. The standard InChI is InChI=1S/C14H24N4O/c1-4-18(9-5-8-17(2)3)14(19)12-6-7-16-13(10-12)11-15/h6-7,10H,4-5,8-9,11,15H2,1-3H3. The summed E-state index contributed by atoms with van der Waals surface area (Å²) in [7, 11) is 4.07. The molecule has 0 unspecified atom stereocenters. The van der Waals surface area contributed by atoms with E-state index in [1.807, 2.05) is 25.9 Å². The fourth-order valence-corrected chi connectivity index (χ4v) is 1.89. The number of aromatic nitrogens is 1. The van der Waals surface area contributed by atoms with E-state index in [0.29, 0.717) is 18.7 Å². The zero-order valence-corrected chi connectivity index (χ0v) is 12.1. The maximum Gasteiger partial charge on any atom is 0.253 e. The van der Waals surface area contributed by atoms with Crippen molar-refractivity contribution in [1.82, 2.24) is 14.8 Å². The molecule has 0 spiro atoms. The molecule has 5 heteroatoms. The van der Waals surface area contributed by atoms with Crippen molar-refractivity contribution in [3.05, 3.63) is 29.6 Å². The van der Waals surface area contributed by atoms with Crippen molar-refractivity contribution in [1.29, 1.82) is 0 Å². The van der Waals surface area contributed by atoms with Gasteiger partial charge in [-0.3, -0.25) is 9.78 Å². The smallest absolute Gasteiger partial charge is 0.253 e. The third-order valence-corrected chi connectivity index (χ3v) is 2.97. The first-order valence-corrected chi connectivity index (χ1v) is 6.67. The van der Waals surface area contributed by atoms with E-state index < -0.39 is 0 Å². The monoisotopic (exact) mass is 264 g/mol. The highest BCUT2D eigenvalue weighted by molar-refractivity contribution is 5.94. The highest BCUT2D eigenvalue weighted by atomic mass is 16.2. The van der Waals surface area contributed by atoms with Crippen LogP contribution >= 0.6 is 0 Å². The lowest BCUT2D eigenvalue weighted by molar-refractivity contribution is 0.0759. The van der Waals surface area contributed by atoms with E-state index in [9.17, 15) is 4.79 Å². The van der Waals surface area contributed by atoms with Gasteiger partial charge in [0, 0.05) is 31.4 Å². The van der Waals surface area contributed by atoms with Gasteiger partial charge in [0.25, 0.3) is 5.91 Å². The lowest BCUT2D eigenvalue weighted by atomic mass is 10.2. The van der Waals surface area contributed by atoms with Gasteiger partial charge < -0.3 is 15.5 Å². The largest absolute Gasteiger partial charge is 0.339 e. The molecule has 1 amide bonds. The minimum atomic E-state index is 0.0540. The second-order valence-electron chi connectivity index (χ2n) is 4.78. The molecule has 0 aliphatic rings. The van der Waals surface area contributed by atoms with Crippen LogP contribution in [0, 0.1) is 0 Å². The predicted octanol–water partition coefficient (Wildman–Crippen LogP) is 0.954. The van der Waals surface area contributed by atoms with Crippen LogP contribution in [-0.2, 0) is 6.54 Å². The molecule has 0 radical (unpaired) electrons. The fourth-order valence-electron chi connectivity index (χ4n) is 1.89. The molecule has 1 heterocycles. The molecule has 5 nitrogen and oxygen atoms in total. The van der Waals surface area contributed by atoms with Gasteiger partial charge in [-0.15, -0.1) is 0 Å². The van der Waals surface area contributed by atoms with Crippen LogP contribution in [0.25, 0.3) is 0 Å². The van der Waals surface area contributed by atoms with E-state index in [0.717, 1.165) is 25.2 Å². The van der Waals surface area contributed by atoms with Crippen molar-refractivity contribution in [3.8, 4) is 0 Å². The first-order valence-electron chi connectivity index (χ1n) is 6.67. The second-order valence-corrected chi connectivity index (χ2v) is 4.78. The Balaban J connectivity index is 2.66. The van der Waals surface area contributed by atoms with Gasteiger partial charge in [-0.1, -0.05) is 0 Å². The summed E-state index contributed by atoms with van der Waals surface area (Å²) in [6.07, 6.45) is 2.62. The van der Waals surface area contributed by atoms with Crippen LogP contribution in [0.3, 0.4) is 0 Å². The fraction of sp³-hybridized carbons (Fsp3) is 0.571. The maximum atomic E-state index is 12.4. The Morgan fingerprint density at radius 1 is 1.37 bits per heavy atom. The van der Waals surface area contributed by atoms with Crippen molar-refractivity contribution in [3.63, 3.8) is 0 Å². The minimum Gasteiger partial charge on any atom is -0.339 e. The van der Waals surface area contributed by atoms with Crippen LogP contribution in [0.5, 0.6) is 0 Å². The van der Waals surface area contributed by atoms with E-state index in [4.69, 9.17) is 5.73 Å². The SMILES string of the molecule is CCN(CCCN(C)C)C(=O)c1ccnc(CN)c1. The molecule has 0 bridgehead atoms. The van der Waals surface area contributed by atoms with Gasteiger partial charge in [-0.05, 0) is 46.1 Å². The average Bonchev–Trinajstić information content (AvgIpc) is 2.42. The van der Waals surface area contributed by atoms with Crippen LogP contribution in [0.4, 0.5) is 0 Å². The van der Waals surface area contributed by atoms with Gasteiger partial charge in [0.1, 0.15) is 0 Å². The number of amides is 1. The highest BCUT2D eigenvalue weighted by Crippen LogP contribution is 2.07. The normalized spacial score (nSPS) is 10.8. The number of carbonyl (C=O) groups excluding carboxylic acids is 1. The van der Waals surface area contributed by atoms with Gasteiger partial charge in [0.15, 0.2) is 0 Å². The molecule has 0 aromatic carbocycles. The molecule has 1 aromatic heterocycles. The van der Waals surface area contributed by atoms with Crippen molar-refractivity contribution in [2.75, 3.05) is 33.7 Å². The molecule has 1 rings (SSSR count). The number of pyridine rings is 1. The summed E-state index contributed by atoms with van der Waals surface area (Å²) in [6, 6.07) is 3.52. The van der Waals surface area contributed by atoms with E-state index in [2.05, 4.69) is 9.88 Å². The number of hydrogen-bond donors (Lipinski definition) is 1. The van der Waals surface area contributed by atoms with Crippen molar-refractivity contribution < 1.29 is 4.79 Å². The first kappa shape index (κ1) is 15.6. The molecule has 0 atom stereocenters. The van der Waals surface area contributed by atoms with Crippen LogP contribution in [-0.4, -0.2) is 54.4 Å². The number of nitrogens with two attached hydrogens (primary N) is 1. The lowest BCUT2D eigenvalue weighted by Crippen LogP contribution is -2.33. The average molecular weight is 264 g/mol. The Labute approximate surface area is 115 Å². The van der Waals surface area contributed by atoms with Crippen LogP contribution in [0.15, 0.2) is 18.3 Å². The summed E-state index contributed by atoms with van der Waals surface area (Å²) < 4.78 is 0. The summed E-state index contributed by atoms with van der Waals surface area (Å²) in [5.41, 5.74) is 6.96. The predicted molar refractivity (Wildman–Crippen MR) is 76.9 cm³/mol. The Hall–Kier alpha value is -1.46. The summed E-state index contributed by atoms with van der Waals surface area (Å²) in [5.74, 6) is 0.0540. The topological polar surface area (TPSA) is 62.5 Å². The molecule has 0 saturated carbocycles. The Bertz CT molecular complexity index is 406. The number of nitrogens with zero attached hydrogens (tertiary/aromatic N) is 3. The van der Waals surface area contributed by atoms with Gasteiger partial charge in [0.05, 0.1) is 5.69 Å². The first-order chi connectivity index (χ1) is 9.08. The van der Waals surface area contributed by atoms with E-state index in [-0.39, 0.29) is 5.91 Å². The number of carbonyl (C=O) groups is 1. The molecule has 1 aromatic rings. The van der Waals surface area contributed by atoms with Gasteiger partial charge >= 0.3 is 0 Å². The molecular formula is C14H24N4O. The van der Waals surface area contributed by atoms with Crippen LogP contribution in [0.2, 0.25) is 0 Å². The van der Waals surface area contributed by atoms with E-state index in [1.165, 1.54) is 0 Å². The zero-order chi connectivity index (χ0) is 14.3. The number of rotatable bonds is 7. The molecule has 19 heavy (non-hydrogen) atoms. The third-order valence-electron chi connectivity index (χ3n) is 2.97. The van der Waals surface area contributed by atoms with Gasteiger partial charge in [-0.25, -0.2) is 0 Å². The lowest BCUT2D eigenvalue weighted by Gasteiger charge is -2.22. The molecule has 0 saturated heterocycles. The minimum absolute atomic E-state index is 0.0540. The van der Waals surface area contributed by atoms with Crippen molar-refractivity contribution in [2.45, 2.75) is 19.9 Å². The quantitative estimate of drug-likeness (QED) is 0.796. The summed E-state index contributed by atoms with van der Waals surface area (Å²) in [6.45, 7) is 4.82. The molecule has 0 aliphatic carbocycles. The second kappa shape index (κ2) is 7.86. The Morgan fingerprint density at radius 2 is 2.11 bits per heavy atom. The van der Waals surface area contributed by atoms with Crippen molar-refractivity contribution in [2.24, 2.45) is 5.73 Å². The summed E-state index contributed by atoms with van der Waals surface area (Å²) >= 11 is 0. The van der Waals surface area contributed by atoms with Crippen LogP contribution in [0.1, 0.15) is 29.4 Å². The van der Waals surface area contributed by atoms with Crippen molar-refractivity contribution >= 4 is 5.91 Å². The van der Waals surface area contributed by atoms with E-state index in [1.54, 1.807) is 18.3 Å². The maximum absolute atomic E-state index is 12.4. The van der Waals surface area contributed by atoms with E-state index >= 15 is 0 Å². The Morgan fingerprint density at radius 3 is 2.68 bits per heavy atom. The molecule has 0 aliphatic heterocycles. The molecule has 0 fully saturated rings.